The normalized spacial score (nSPS) is 14.6. The fourth-order valence-corrected chi connectivity index (χ4v) is 5.19. The number of aromatic carboxylic acids is 1. The zero-order valence-electron chi connectivity index (χ0n) is 23.0. The lowest BCUT2D eigenvalue weighted by Gasteiger charge is -2.15. The molecule has 0 unspecified atom stereocenters. The molecule has 3 aromatic carbocycles. The molecule has 216 valence electrons. The van der Waals surface area contributed by atoms with E-state index in [1.165, 1.54) is 24.3 Å². The van der Waals surface area contributed by atoms with Crippen LogP contribution in [0.3, 0.4) is 0 Å². The first-order valence-electron chi connectivity index (χ1n) is 13.8. The molecule has 43 heavy (non-hydrogen) atoms. The number of hydrogen-bond acceptors (Lipinski definition) is 5. The number of ether oxygens (including phenoxy) is 2. The Morgan fingerprint density at radius 1 is 1.05 bits per heavy atom. The predicted octanol–water partition coefficient (Wildman–Crippen LogP) is 6.97. The number of benzene rings is 3. The number of carboxylic acid groups (broad SMARTS) is 1. The van der Waals surface area contributed by atoms with Gasteiger partial charge in [-0.1, -0.05) is 30.3 Å². The van der Waals surface area contributed by atoms with E-state index in [4.69, 9.17) is 21.0 Å². The summed E-state index contributed by atoms with van der Waals surface area (Å²) >= 11 is 0. The molecule has 0 radical (unpaired) electrons. The molecule has 2 aromatic heterocycles. The minimum absolute atomic E-state index is 0.0213. The van der Waals surface area contributed by atoms with Crippen LogP contribution in [0, 0.1) is 18.2 Å². The van der Waals surface area contributed by atoms with Crippen molar-refractivity contribution in [2.75, 3.05) is 6.61 Å². The van der Waals surface area contributed by atoms with Crippen molar-refractivity contribution in [3.05, 3.63) is 118 Å². The number of nitrogens with zero attached hydrogens (tertiary/aromatic N) is 4. The Bertz CT molecular complexity index is 1880. The molecule has 0 spiro atoms. The minimum Gasteiger partial charge on any atom is -0.478 e. The van der Waals surface area contributed by atoms with Crippen molar-refractivity contribution in [3.8, 4) is 17.1 Å². The van der Waals surface area contributed by atoms with E-state index in [1.807, 2.05) is 4.57 Å². The lowest BCUT2D eigenvalue weighted by atomic mass is 10.1. The Balaban J connectivity index is 1.23. The zero-order chi connectivity index (χ0) is 29.9. The van der Waals surface area contributed by atoms with Crippen LogP contribution in [0.25, 0.3) is 27.1 Å². The van der Waals surface area contributed by atoms with Crippen molar-refractivity contribution in [2.24, 2.45) is 0 Å². The highest BCUT2D eigenvalue weighted by atomic mass is 19.1. The van der Waals surface area contributed by atoms with Gasteiger partial charge in [-0.3, -0.25) is 0 Å². The number of carbonyl (C=O) groups is 1. The summed E-state index contributed by atoms with van der Waals surface area (Å²) < 4.78 is 43.2. The highest BCUT2D eigenvalue weighted by Gasteiger charge is 2.22. The van der Waals surface area contributed by atoms with E-state index in [9.17, 15) is 14.3 Å². The minimum atomic E-state index is -1.03. The summed E-state index contributed by atoms with van der Waals surface area (Å²) in [4.78, 5) is 24.0. The van der Waals surface area contributed by atoms with Gasteiger partial charge < -0.3 is 19.1 Å². The number of rotatable bonds is 9. The molecule has 0 bridgehead atoms. The number of imidazole rings is 1. The molecule has 8 nitrogen and oxygen atoms in total. The van der Waals surface area contributed by atoms with Gasteiger partial charge in [-0.05, 0) is 54.8 Å². The summed E-state index contributed by atoms with van der Waals surface area (Å²) in [5.74, 6) is -1.13. The van der Waals surface area contributed by atoms with E-state index in [2.05, 4.69) is 9.83 Å². The molecule has 1 N–H and O–H groups in total. The summed E-state index contributed by atoms with van der Waals surface area (Å²) in [5, 5.41) is 9.50. The second-order valence-corrected chi connectivity index (χ2v) is 10.3. The second-order valence-electron chi connectivity index (χ2n) is 10.3. The molecule has 1 fully saturated rings. The third kappa shape index (κ3) is 6.08. The van der Waals surface area contributed by atoms with Crippen LogP contribution < -0.4 is 4.74 Å². The van der Waals surface area contributed by atoms with Gasteiger partial charge in [0.1, 0.15) is 24.1 Å². The molecule has 6 rings (SSSR count). The highest BCUT2D eigenvalue weighted by Crippen LogP contribution is 2.27. The predicted molar refractivity (Wildman–Crippen MR) is 155 cm³/mol. The van der Waals surface area contributed by atoms with Crippen LogP contribution in [0.4, 0.5) is 14.5 Å². The molecule has 1 aliphatic rings. The van der Waals surface area contributed by atoms with Gasteiger partial charge in [0, 0.05) is 30.2 Å². The van der Waals surface area contributed by atoms with Crippen molar-refractivity contribution >= 4 is 22.7 Å². The molecular weight excluding hydrogens is 554 g/mol. The first-order chi connectivity index (χ1) is 20.9. The quantitative estimate of drug-likeness (QED) is 0.189. The van der Waals surface area contributed by atoms with Crippen LogP contribution in [0.1, 0.15) is 40.2 Å². The molecular formula is C33H26F2N4O4. The van der Waals surface area contributed by atoms with Gasteiger partial charge in [0.2, 0.25) is 5.88 Å². The summed E-state index contributed by atoms with van der Waals surface area (Å²) in [6, 6.07) is 18.9. The highest BCUT2D eigenvalue weighted by molar-refractivity contribution is 5.92. The average molecular weight is 581 g/mol. The molecule has 0 aliphatic carbocycles. The van der Waals surface area contributed by atoms with Gasteiger partial charge in [-0.15, -0.1) is 0 Å². The molecule has 1 aliphatic heterocycles. The lowest BCUT2D eigenvalue weighted by Crippen LogP contribution is -2.17. The van der Waals surface area contributed by atoms with Gasteiger partial charge in [-0.25, -0.2) is 28.4 Å². The SMILES string of the molecule is [C-]#[N+]c1ccc(COc2cccc(-c3ccc(Cc4nc5ccc(C(=O)O)cc5n4C[C@@H]4CCCO4)c(F)c3)n2)c(F)c1. The monoisotopic (exact) mass is 580 g/mol. The first-order valence-corrected chi connectivity index (χ1v) is 13.8. The Morgan fingerprint density at radius 2 is 1.88 bits per heavy atom. The smallest absolute Gasteiger partial charge is 0.335 e. The topological polar surface area (TPSA) is 90.8 Å². The van der Waals surface area contributed by atoms with Gasteiger partial charge in [-0.2, -0.15) is 0 Å². The standard InChI is InChI=1S/C33H26F2N4O4/c1-36-24-11-9-23(27(35)17-24)19-43-32-6-2-5-28(38-32)21-8-7-20(26(34)14-21)16-31-37-29-12-10-22(33(40)41)15-30(29)39(31)18-25-4-3-13-42-25/h2,5-12,14-15,17,25H,3-4,13,16,18-19H2,(H,40,41)/t25-/m0/s1. The van der Waals surface area contributed by atoms with Gasteiger partial charge in [0.25, 0.3) is 0 Å². The number of fused-ring (bicyclic) bond motifs is 1. The van der Waals surface area contributed by atoms with E-state index in [1.54, 1.807) is 42.5 Å². The molecule has 0 saturated carbocycles. The fraction of sp³-hybridized carbons (Fsp3) is 0.212. The van der Waals surface area contributed by atoms with Gasteiger partial charge in [0.15, 0.2) is 5.69 Å². The summed E-state index contributed by atoms with van der Waals surface area (Å²) in [5.41, 5.74) is 3.42. The zero-order valence-corrected chi connectivity index (χ0v) is 23.0. The van der Waals surface area contributed by atoms with E-state index in [0.29, 0.717) is 52.4 Å². The maximum absolute atomic E-state index is 15.5. The van der Waals surface area contributed by atoms with Crippen molar-refractivity contribution in [1.82, 2.24) is 14.5 Å². The molecule has 1 atom stereocenters. The number of carboxylic acids is 1. The van der Waals surface area contributed by atoms with Crippen LogP contribution in [-0.4, -0.2) is 38.3 Å². The Morgan fingerprint density at radius 3 is 2.63 bits per heavy atom. The molecule has 1 saturated heterocycles. The fourth-order valence-electron chi connectivity index (χ4n) is 5.19. The van der Waals surface area contributed by atoms with Crippen molar-refractivity contribution in [2.45, 2.75) is 38.5 Å². The van der Waals surface area contributed by atoms with Crippen molar-refractivity contribution in [1.29, 1.82) is 0 Å². The van der Waals surface area contributed by atoms with Crippen molar-refractivity contribution in [3.63, 3.8) is 0 Å². The number of aromatic nitrogens is 3. The summed E-state index contributed by atoms with van der Waals surface area (Å²) in [6.07, 6.45) is 2.02. The van der Waals surface area contributed by atoms with Crippen LogP contribution in [-0.2, 0) is 24.3 Å². The molecule has 5 aromatic rings. The lowest BCUT2D eigenvalue weighted by molar-refractivity contribution is 0.0697. The number of halogens is 2. The van der Waals surface area contributed by atoms with Gasteiger partial charge in [0.05, 0.1) is 41.5 Å². The maximum Gasteiger partial charge on any atom is 0.335 e. The Hall–Kier alpha value is -5.14. The molecule has 3 heterocycles. The van der Waals surface area contributed by atoms with E-state index in [-0.39, 0.29) is 36.3 Å². The average Bonchev–Trinajstić information content (AvgIpc) is 3.65. The van der Waals surface area contributed by atoms with E-state index < -0.39 is 17.6 Å². The van der Waals surface area contributed by atoms with Crippen LogP contribution in [0.2, 0.25) is 0 Å². The largest absolute Gasteiger partial charge is 0.478 e. The van der Waals surface area contributed by atoms with Crippen LogP contribution in [0.5, 0.6) is 5.88 Å². The number of hydrogen-bond donors (Lipinski definition) is 1. The summed E-state index contributed by atoms with van der Waals surface area (Å²) in [7, 11) is 0. The third-order valence-corrected chi connectivity index (χ3v) is 7.45. The second kappa shape index (κ2) is 12.0. The van der Waals surface area contributed by atoms with E-state index in [0.717, 1.165) is 18.9 Å². The van der Waals surface area contributed by atoms with Gasteiger partial charge >= 0.3 is 5.97 Å². The van der Waals surface area contributed by atoms with Crippen LogP contribution in [0.15, 0.2) is 72.8 Å². The summed E-state index contributed by atoms with van der Waals surface area (Å²) in [6.45, 7) is 8.10. The Labute approximate surface area is 246 Å². The van der Waals surface area contributed by atoms with E-state index >= 15 is 4.39 Å². The number of pyridine rings is 1. The maximum atomic E-state index is 15.5. The Kier molecular flexibility index (Phi) is 7.81. The van der Waals surface area contributed by atoms with Crippen molar-refractivity contribution < 1.29 is 28.2 Å². The third-order valence-electron chi connectivity index (χ3n) is 7.45. The van der Waals surface area contributed by atoms with Crippen LogP contribution >= 0.6 is 0 Å². The first kappa shape index (κ1) is 28.0. The molecule has 10 heteroatoms. The molecule has 0 amide bonds.